The van der Waals surface area contributed by atoms with Crippen molar-refractivity contribution in [3.8, 4) is 5.75 Å². The maximum absolute atomic E-state index is 11.9. The van der Waals surface area contributed by atoms with Crippen molar-refractivity contribution >= 4 is 28.3 Å². The van der Waals surface area contributed by atoms with Gasteiger partial charge < -0.3 is 9.47 Å². The van der Waals surface area contributed by atoms with E-state index in [2.05, 4.69) is 4.98 Å². The van der Waals surface area contributed by atoms with Crippen LogP contribution in [0.3, 0.4) is 0 Å². The first-order valence-corrected chi connectivity index (χ1v) is 8.01. The lowest BCUT2D eigenvalue weighted by Gasteiger charge is -2.10. The Morgan fingerprint density at radius 1 is 1.04 bits per heavy atom. The van der Waals surface area contributed by atoms with E-state index in [0.717, 1.165) is 16.5 Å². The van der Waals surface area contributed by atoms with Crippen molar-refractivity contribution in [3.63, 3.8) is 0 Å². The Balaban J connectivity index is 1.49. The quantitative estimate of drug-likeness (QED) is 0.488. The Morgan fingerprint density at radius 2 is 1.88 bits per heavy atom. The molecule has 0 saturated carbocycles. The topological polar surface area (TPSA) is 48.4 Å². The fourth-order valence-corrected chi connectivity index (χ4v) is 2.54. The molecule has 0 aliphatic heterocycles. The molecule has 24 heavy (non-hydrogen) atoms. The lowest BCUT2D eigenvalue weighted by atomic mass is 10.1. The van der Waals surface area contributed by atoms with Crippen LogP contribution in [0.2, 0.25) is 5.02 Å². The van der Waals surface area contributed by atoms with Crippen LogP contribution < -0.4 is 4.74 Å². The van der Waals surface area contributed by atoms with E-state index in [0.29, 0.717) is 18.6 Å². The highest BCUT2D eigenvalue weighted by molar-refractivity contribution is 6.33. The number of rotatable bonds is 6. The van der Waals surface area contributed by atoms with Crippen molar-refractivity contribution in [3.05, 3.63) is 71.5 Å². The maximum Gasteiger partial charge on any atom is 0.339 e. The Bertz CT molecular complexity index is 845. The van der Waals surface area contributed by atoms with Gasteiger partial charge in [0.25, 0.3) is 0 Å². The number of benzene rings is 2. The summed E-state index contributed by atoms with van der Waals surface area (Å²) in [6, 6.07) is 15.5. The summed E-state index contributed by atoms with van der Waals surface area (Å²) in [5.74, 6) is 0.379. The first kappa shape index (κ1) is 16.3. The van der Waals surface area contributed by atoms with Crippen LogP contribution in [0.25, 0.3) is 10.8 Å². The number of esters is 1. The molecule has 0 N–H and O–H groups in total. The Labute approximate surface area is 145 Å². The molecule has 3 aromatic rings. The molecule has 2 aromatic carbocycles. The third kappa shape index (κ3) is 3.84. The number of nitrogens with zero attached hydrogens (tertiary/aromatic N) is 1. The van der Waals surface area contributed by atoms with E-state index in [1.807, 2.05) is 42.5 Å². The number of halogens is 1. The summed E-state index contributed by atoms with van der Waals surface area (Å²) in [5.41, 5.74) is 0.321. The molecule has 5 heteroatoms. The van der Waals surface area contributed by atoms with Gasteiger partial charge in [-0.15, -0.1) is 0 Å². The molecule has 0 aliphatic carbocycles. The third-order valence-corrected chi connectivity index (χ3v) is 3.82. The van der Waals surface area contributed by atoms with Crippen LogP contribution in [0, 0.1) is 0 Å². The largest absolute Gasteiger partial charge is 0.493 e. The number of hydrogen-bond donors (Lipinski definition) is 0. The number of hydrogen-bond acceptors (Lipinski definition) is 4. The Kier molecular flexibility index (Phi) is 5.29. The van der Waals surface area contributed by atoms with Gasteiger partial charge in [0, 0.05) is 24.2 Å². The number of carbonyl (C=O) groups excluding carboxylic acids is 1. The molecule has 0 unspecified atom stereocenters. The zero-order valence-corrected chi connectivity index (χ0v) is 13.7. The highest BCUT2D eigenvalue weighted by atomic mass is 35.5. The second kappa shape index (κ2) is 7.79. The molecule has 1 heterocycles. The molecule has 0 fully saturated rings. The number of carbonyl (C=O) groups is 1. The summed E-state index contributed by atoms with van der Waals surface area (Å²) < 4.78 is 11.0. The first-order valence-electron chi connectivity index (χ1n) is 7.63. The van der Waals surface area contributed by atoms with Crippen molar-refractivity contribution in [2.24, 2.45) is 0 Å². The van der Waals surface area contributed by atoms with Crippen LogP contribution >= 0.6 is 11.6 Å². The standard InChI is InChI=1S/C19H16ClNO3/c20-17-13-21-10-9-16(17)19(22)24-12-4-11-23-18-8-3-6-14-5-1-2-7-15(14)18/h1-3,5-10,13H,4,11-12H2. The first-order chi connectivity index (χ1) is 11.8. The summed E-state index contributed by atoms with van der Waals surface area (Å²) in [4.78, 5) is 15.7. The smallest absolute Gasteiger partial charge is 0.339 e. The zero-order valence-electron chi connectivity index (χ0n) is 12.9. The van der Waals surface area contributed by atoms with Gasteiger partial charge in [0.1, 0.15) is 5.75 Å². The van der Waals surface area contributed by atoms with Crippen molar-refractivity contribution in [1.82, 2.24) is 4.98 Å². The molecule has 4 nitrogen and oxygen atoms in total. The van der Waals surface area contributed by atoms with Gasteiger partial charge in [-0.05, 0) is 17.5 Å². The van der Waals surface area contributed by atoms with Gasteiger partial charge in [0.05, 0.1) is 23.8 Å². The van der Waals surface area contributed by atoms with Gasteiger partial charge in [-0.1, -0.05) is 48.0 Å². The van der Waals surface area contributed by atoms with E-state index in [9.17, 15) is 4.79 Å². The van der Waals surface area contributed by atoms with Gasteiger partial charge in [0.2, 0.25) is 0 Å². The van der Waals surface area contributed by atoms with Crippen LogP contribution in [0.15, 0.2) is 60.9 Å². The zero-order chi connectivity index (χ0) is 16.8. The predicted octanol–water partition coefficient (Wildman–Crippen LogP) is 4.51. The molecule has 3 rings (SSSR count). The van der Waals surface area contributed by atoms with E-state index in [1.54, 1.807) is 0 Å². The molecule has 0 saturated heterocycles. The predicted molar refractivity (Wildman–Crippen MR) is 93.6 cm³/mol. The summed E-state index contributed by atoms with van der Waals surface area (Å²) >= 11 is 5.91. The maximum atomic E-state index is 11.9. The van der Waals surface area contributed by atoms with E-state index < -0.39 is 5.97 Å². The minimum atomic E-state index is -0.451. The second-order valence-corrected chi connectivity index (χ2v) is 5.58. The van der Waals surface area contributed by atoms with Crippen LogP contribution in [-0.2, 0) is 4.74 Å². The SMILES string of the molecule is O=C(OCCCOc1cccc2ccccc12)c1ccncc1Cl. The molecule has 0 spiro atoms. The molecule has 122 valence electrons. The highest BCUT2D eigenvalue weighted by Crippen LogP contribution is 2.25. The van der Waals surface area contributed by atoms with Gasteiger partial charge in [-0.2, -0.15) is 0 Å². The van der Waals surface area contributed by atoms with E-state index in [-0.39, 0.29) is 11.6 Å². The summed E-state index contributed by atoms with van der Waals surface area (Å²) in [6.45, 7) is 0.730. The van der Waals surface area contributed by atoms with Crippen molar-refractivity contribution in [1.29, 1.82) is 0 Å². The molecule has 0 radical (unpaired) electrons. The molecular formula is C19H16ClNO3. The van der Waals surface area contributed by atoms with Gasteiger partial charge >= 0.3 is 5.97 Å². The van der Waals surface area contributed by atoms with Gasteiger partial charge in [-0.3, -0.25) is 4.98 Å². The highest BCUT2D eigenvalue weighted by Gasteiger charge is 2.11. The molecule has 1 aromatic heterocycles. The van der Waals surface area contributed by atoms with Crippen LogP contribution in [-0.4, -0.2) is 24.2 Å². The van der Waals surface area contributed by atoms with Crippen molar-refractivity contribution < 1.29 is 14.3 Å². The van der Waals surface area contributed by atoms with Gasteiger partial charge in [-0.25, -0.2) is 4.79 Å². The Morgan fingerprint density at radius 3 is 2.75 bits per heavy atom. The summed E-state index contributed by atoms with van der Waals surface area (Å²) in [7, 11) is 0. The summed E-state index contributed by atoms with van der Waals surface area (Å²) in [5, 5.41) is 2.49. The van der Waals surface area contributed by atoms with Crippen molar-refractivity contribution in [2.45, 2.75) is 6.42 Å². The fraction of sp³-hybridized carbons (Fsp3) is 0.158. The van der Waals surface area contributed by atoms with Crippen LogP contribution in [0.1, 0.15) is 16.8 Å². The fourth-order valence-electron chi connectivity index (χ4n) is 2.35. The monoisotopic (exact) mass is 341 g/mol. The molecule has 0 amide bonds. The number of ether oxygens (including phenoxy) is 2. The molecular weight excluding hydrogens is 326 g/mol. The van der Waals surface area contributed by atoms with E-state index in [4.69, 9.17) is 21.1 Å². The minimum Gasteiger partial charge on any atom is -0.493 e. The third-order valence-electron chi connectivity index (χ3n) is 3.52. The number of fused-ring (bicyclic) bond motifs is 1. The second-order valence-electron chi connectivity index (χ2n) is 5.17. The van der Waals surface area contributed by atoms with Crippen molar-refractivity contribution in [2.75, 3.05) is 13.2 Å². The number of pyridine rings is 1. The normalized spacial score (nSPS) is 10.5. The van der Waals surface area contributed by atoms with Crippen LogP contribution in [0.4, 0.5) is 0 Å². The van der Waals surface area contributed by atoms with Crippen LogP contribution in [0.5, 0.6) is 5.75 Å². The van der Waals surface area contributed by atoms with Gasteiger partial charge in [0.15, 0.2) is 0 Å². The molecule has 0 bridgehead atoms. The lowest BCUT2D eigenvalue weighted by molar-refractivity contribution is 0.0486. The number of aromatic nitrogens is 1. The minimum absolute atomic E-state index is 0.266. The Hall–Kier alpha value is -2.59. The average Bonchev–Trinajstić information content (AvgIpc) is 2.62. The lowest BCUT2D eigenvalue weighted by Crippen LogP contribution is -2.10. The summed E-state index contributed by atoms with van der Waals surface area (Å²) in [6.07, 6.45) is 3.52. The molecule has 0 aliphatic rings. The molecule has 0 atom stereocenters. The van der Waals surface area contributed by atoms with E-state index in [1.165, 1.54) is 18.5 Å². The van der Waals surface area contributed by atoms with E-state index >= 15 is 0 Å². The average molecular weight is 342 g/mol.